The quantitative estimate of drug-likeness (QED) is 0.636. The van der Waals surface area contributed by atoms with E-state index >= 15 is 0 Å². The number of nitrogens with zero attached hydrogens (tertiary/aromatic N) is 5. The van der Waals surface area contributed by atoms with Crippen molar-refractivity contribution in [1.82, 2.24) is 19.7 Å². The number of hydrogen-bond acceptors (Lipinski definition) is 7. The summed E-state index contributed by atoms with van der Waals surface area (Å²) in [7, 11) is 1.79. The van der Waals surface area contributed by atoms with Crippen LogP contribution in [0.2, 0.25) is 0 Å². The van der Waals surface area contributed by atoms with Gasteiger partial charge in [0.1, 0.15) is 11.4 Å². The number of pyridine rings is 1. The van der Waals surface area contributed by atoms with Gasteiger partial charge in [-0.1, -0.05) is 0 Å². The maximum Gasteiger partial charge on any atom is 0.311 e. The average molecular weight is 252 g/mol. The molecule has 0 saturated heterocycles. The van der Waals surface area contributed by atoms with Crippen LogP contribution in [-0.4, -0.2) is 24.7 Å². The molecule has 0 aromatic carbocycles. The lowest BCUT2D eigenvalue weighted by molar-refractivity contribution is -0.384. The van der Waals surface area contributed by atoms with Crippen molar-refractivity contribution in [2.24, 2.45) is 7.05 Å². The van der Waals surface area contributed by atoms with Gasteiger partial charge in [0.2, 0.25) is 5.82 Å². The van der Waals surface area contributed by atoms with Gasteiger partial charge in [0.15, 0.2) is 5.16 Å². The van der Waals surface area contributed by atoms with Gasteiger partial charge >= 0.3 is 5.69 Å². The molecule has 2 aromatic rings. The van der Waals surface area contributed by atoms with Crippen LogP contribution in [0.3, 0.4) is 0 Å². The van der Waals surface area contributed by atoms with Crippen molar-refractivity contribution < 1.29 is 4.92 Å². The number of aryl methyl sites for hydroxylation is 1. The van der Waals surface area contributed by atoms with Gasteiger partial charge in [-0.05, 0) is 17.8 Å². The third-order valence-electron chi connectivity index (χ3n) is 1.94. The average Bonchev–Trinajstić information content (AvgIpc) is 2.64. The Morgan fingerprint density at radius 1 is 1.53 bits per heavy atom. The number of aromatic nitrogens is 4. The molecule has 0 aliphatic rings. The maximum atomic E-state index is 10.6. The van der Waals surface area contributed by atoms with Crippen molar-refractivity contribution in [3.63, 3.8) is 0 Å². The molecular formula is C8H8N6O2S. The van der Waals surface area contributed by atoms with E-state index in [1.807, 2.05) is 0 Å². The third-order valence-corrected chi connectivity index (χ3v) is 2.93. The lowest BCUT2D eigenvalue weighted by Gasteiger charge is -2.01. The maximum absolute atomic E-state index is 10.6. The minimum atomic E-state index is -0.570. The molecule has 17 heavy (non-hydrogen) atoms. The second-order valence-electron chi connectivity index (χ2n) is 3.14. The Labute approximate surface area is 100 Å². The van der Waals surface area contributed by atoms with Crippen molar-refractivity contribution in [2.75, 3.05) is 5.73 Å². The van der Waals surface area contributed by atoms with E-state index in [1.54, 1.807) is 17.9 Å². The molecule has 9 heteroatoms. The topological polar surface area (TPSA) is 113 Å². The Balaban J connectivity index is 2.27. The Hall–Kier alpha value is -2.16. The summed E-state index contributed by atoms with van der Waals surface area (Å²) in [5, 5.41) is 19.3. The van der Waals surface area contributed by atoms with Crippen LogP contribution in [0.25, 0.3) is 0 Å². The summed E-state index contributed by atoms with van der Waals surface area (Å²) in [5.74, 6) is -0.109. The minimum Gasteiger partial charge on any atom is -0.378 e. The third kappa shape index (κ3) is 2.33. The molecule has 0 radical (unpaired) electrons. The number of rotatable bonds is 3. The molecule has 0 saturated carbocycles. The molecule has 0 spiro atoms. The van der Waals surface area contributed by atoms with Crippen LogP contribution in [-0.2, 0) is 7.05 Å². The normalized spacial score (nSPS) is 10.4. The lowest BCUT2D eigenvalue weighted by Crippen LogP contribution is -1.99. The molecule has 8 nitrogen and oxygen atoms in total. The number of hydrogen-bond donors (Lipinski definition) is 1. The highest BCUT2D eigenvalue weighted by Crippen LogP contribution is 2.27. The van der Waals surface area contributed by atoms with Gasteiger partial charge in [-0.2, -0.15) is 0 Å². The van der Waals surface area contributed by atoms with Crippen LogP contribution < -0.4 is 5.73 Å². The summed E-state index contributed by atoms with van der Waals surface area (Å²) in [6.07, 6.45) is 1.55. The second kappa shape index (κ2) is 4.37. The molecule has 0 atom stereocenters. The van der Waals surface area contributed by atoms with Crippen LogP contribution in [0.15, 0.2) is 28.6 Å². The van der Waals surface area contributed by atoms with E-state index in [4.69, 9.17) is 5.73 Å². The van der Waals surface area contributed by atoms with Crippen molar-refractivity contribution in [2.45, 2.75) is 10.2 Å². The molecule has 0 bridgehead atoms. The summed E-state index contributed by atoms with van der Waals surface area (Å²) in [6, 6.07) is 2.84. The fourth-order valence-corrected chi connectivity index (χ4v) is 1.86. The van der Waals surface area contributed by atoms with Gasteiger partial charge in [-0.15, -0.1) is 10.2 Å². The first-order chi connectivity index (χ1) is 8.08. The predicted molar refractivity (Wildman–Crippen MR) is 60.4 cm³/mol. The van der Waals surface area contributed by atoms with Gasteiger partial charge < -0.3 is 10.3 Å². The van der Waals surface area contributed by atoms with Crippen molar-refractivity contribution in [1.29, 1.82) is 0 Å². The van der Waals surface area contributed by atoms with Gasteiger partial charge in [-0.25, -0.2) is 4.98 Å². The van der Waals surface area contributed by atoms with Crippen molar-refractivity contribution >= 4 is 23.3 Å². The van der Waals surface area contributed by atoms with E-state index in [0.29, 0.717) is 10.2 Å². The smallest absolute Gasteiger partial charge is 0.311 e. The molecule has 2 heterocycles. The lowest BCUT2D eigenvalue weighted by atomic mass is 10.4. The van der Waals surface area contributed by atoms with E-state index < -0.39 is 4.92 Å². The highest BCUT2D eigenvalue weighted by atomic mass is 32.2. The standard InChI is InChI=1S/C8H8N6O2S/c1-13-4-10-12-8(13)17-6-3-2-5(14(15)16)7(9)11-6/h2-4H,1H3,(H2,9,11). The van der Waals surface area contributed by atoms with E-state index in [0.717, 1.165) is 0 Å². The monoisotopic (exact) mass is 252 g/mol. The number of nitrogen functional groups attached to an aromatic ring is 1. The zero-order valence-corrected chi connectivity index (χ0v) is 9.59. The molecule has 0 unspecified atom stereocenters. The van der Waals surface area contributed by atoms with Crippen LogP contribution >= 0.6 is 11.8 Å². The van der Waals surface area contributed by atoms with E-state index in [9.17, 15) is 10.1 Å². The molecule has 2 rings (SSSR count). The minimum absolute atomic E-state index is 0.109. The Kier molecular flexibility index (Phi) is 2.91. The van der Waals surface area contributed by atoms with Crippen LogP contribution in [0, 0.1) is 10.1 Å². The molecule has 88 valence electrons. The van der Waals surface area contributed by atoms with Gasteiger partial charge in [0, 0.05) is 13.1 Å². The van der Waals surface area contributed by atoms with Crippen LogP contribution in [0.4, 0.5) is 11.5 Å². The highest BCUT2D eigenvalue weighted by Gasteiger charge is 2.14. The number of nitrogens with two attached hydrogens (primary N) is 1. The van der Waals surface area contributed by atoms with Crippen LogP contribution in [0.5, 0.6) is 0 Å². The summed E-state index contributed by atoms with van der Waals surface area (Å²) >= 11 is 1.23. The first-order valence-corrected chi connectivity index (χ1v) is 5.32. The van der Waals surface area contributed by atoms with Crippen molar-refractivity contribution in [3.05, 3.63) is 28.6 Å². The molecule has 0 fully saturated rings. The van der Waals surface area contributed by atoms with Crippen molar-refractivity contribution in [3.8, 4) is 0 Å². The largest absolute Gasteiger partial charge is 0.378 e. The van der Waals surface area contributed by atoms with Crippen LogP contribution in [0.1, 0.15) is 0 Å². The Morgan fingerprint density at radius 2 is 2.29 bits per heavy atom. The molecular weight excluding hydrogens is 244 g/mol. The first-order valence-electron chi connectivity index (χ1n) is 4.50. The highest BCUT2D eigenvalue weighted by molar-refractivity contribution is 7.99. The first kappa shape index (κ1) is 11.3. The fraction of sp³-hybridized carbons (Fsp3) is 0.125. The second-order valence-corrected chi connectivity index (χ2v) is 4.12. The van der Waals surface area contributed by atoms with E-state index in [1.165, 1.54) is 23.9 Å². The molecule has 2 aromatic heterocycles. The van der Waals surface area contributed by atoms with E-state index in [-0.39, 0.29) is 11.5 Å². The zero-order chi connectivity index (χ0) is 12.4. The van der Waals surface area contributed by atoms with Gasteiger partial charge in [0.25, 0.3) is 0 Å². The molecule has 0 aliphatic carbocycles. The summed E-state index contributed by atoms with van der Waals surface area (Å²) in [4.78, 5) is 13.9. The summed E-state index contributed by atoms with van der Waals surface area (Å²) in [5.41, 5.74) is 5.28. The van der Waals surface area contributed by atoms with E-state index in [2.05, 4.69) is 15.2 Å². The predicted octanol–water partition coefficient (Wildman–Crippen LogP) is 0.852. The molecule has 0 amide bonds. The molecule has 0 aliphatic heterocycles. The Morgan fingerprint density at radius 3 is 2.82 bits per heavy atom. The van der Waals surface area contributed by atoms with Gasteiger partial charge in [-0.3, -0.25) is 10.1 Å². The fourth-order valence-electron chi connectivity index (χ4n) is 1.12. The number of nitro groups is 1. The SMILES string of the molecule is Cn1cnnc1Sc1ccc([N+](=O)[O-])c(N)n1. The number of anilines is 1. The Bertz CT molecular complexity index is 569. The zero-order valence-electron chi connectivity index (χ0n) is 8.77. The molecule has 2 N–H and O–H groups in total. The summed E-state index contributed by atoms with van der Waals surface area (Å²) < 4.78 is 1.71. The van der Waals surface area contributed by atoms with Gasteiger partial charge in [0.05, 0.1) is 4.92 Å². The summed E-state index contributed by atoms with van der Waals surface area (Å²) in [6.45, 7) is 0.